The summed E-state index contributed by atoms with van der Waals surface area (Å²) in [5.41, 5.74) is 13.4. The molecule has 0 spiro atoms. The number of nitrogens with zero attached hydrogens (tertiary/aromatic N) is 3. The molecule has 0 amide bonds. The molecule has 0 N–H and O–H groups in total. The number of benzene rings is 4. The quantitative estimate of drug-likeness (QED) is 0.174. The lowest BCUT2D eigenvalue weighted by Gasteiger charge is -2.26. The predicted molar refractivity (Wildman–Crippen MR) is 223 cm³/mol. The number of para-hydroxylation sites is 2. The van der Waals surface area contributed by atoms with Gasteiger partial charge >= 0.3 is 0 Å². The summed E-state index contributed by atoms with van der Waals surface area (Å²) in [6, 6.07) is 34.2. The zero-order valence-electron chi connectivity index (χ0n) is 33.0. The SMILES string of the molecule is CCN1C(=CC=C2CC/C(=C\C=C3\N(CC)c4ccc(Cl)cc4C3(C)C)C2=[N+](c2ccccc2)c2ccccc2)C(C)(C)c2cc(Cl)ccc21.CO[Cl+3]([O-])([O-])[O-]. The second-order valence-corrected chi connectivity index (χ2v) is 16.9. The summed E-state index contributed by atoms with van der Waals surface area (Å²) in [5, 5.41) is 1.56. The maximum absolute atomic E-state index is 9.19. The van der Waals surface area contributed by atoms with E-state index in [2.05, 4.69) is 169 Å². The van der Waals surface area contributed by atoms with Crippen LogP contribution in [0.2, 0.25) is 10.0 Å². The maximum Gasteiger partial charge on any atom is 0.218 e. The summed E-state index contributed by atoms with van der Waals surface area (Å²) >= 11 is 13.0. The summed E-state index contributed by atoms with van der Waals surface area (Å²) in [4.78, 5) is 4.88. The average molecular weight is 814 g/mol. The van der Waals surface area contributed by atoms with E-state index in [-0.39, 0.29) is 10.8 Å². The van der Waals surface area contributed by atoms with Gasteiger partial charge in [-0.05, 0) is 86.4 Å². The number of halogens is 3. The Morgan fingerprint density at radius 2 is 1.02 bits per heavy atom. The van der Waals surface area contributed by atoms with Gasteiger partial charge in [-0.2, -0.15) is 18.6 Å². The fourth-order valence-corrected chi connectivity index (χ4v) is 8.57. The van der Waals surface area contributed by atoms with E-state index in [0.717, 1.165) is 54.5 Å². The molecule has 0 radical (unpaired) electrons. The van der Waals surface area contributed by atoms with Gasteiger partial charge in [-0.1, -0.05) is 99.4 Å². The van der Waals surface area contributed by atoms with Gasteiger partial charge in [0, 0.05) is 92.1 Å². The van der Waals surface area contributed by atoms with Crippen LogP contribution in [0.4, 0.5) is 22.7 Å². The van der Waals surface area contributed by atoms with E-state index in [4.69, 9.17) is 23.2 Å². The van der Waals surface area contributed by atoms with E-state index in [1.165, 1.54) is 50.8 Å². The van der Waals surface area contributed by atoms with Crippen molar-refractivity contribution >= 4 is 51.7 Å². The summed E-state index contributed by atoms with van der Waals surface area (Å²) < 4.78 is 33.4. The molecule has 2 heterocycles. The molecule has 10 heteroatoms. The minimum absolute atomic E-state index is 0.177. The van der Waals surface area contributed by atoms with Crippen LogP contribution in [-0.2, 0) is 15.1 Å². The van der Waals surface area contributed by atoms with Crippen LogP contribution in [0.3, 0.4) is 0 Å². The molecule has 0 saturated heterocycles. The van der Waals surface area contributed by atoms with Crippen LogP contribution in [0.15, 0.2) is 144 Å². The first-order valence-corrected chi connectivity index (χ1v) is 20.8. The molecule has 0 bridgehead atoms. The highest BCUT2D eigenvalue weighted by Crippen LogP contribution is 2.50. The molecule has 0 unspecified atom stereocenters. The third-order valence-electron chi connectivity index (χ3n) is 10.9. The molecular formula is C46H49Cl3N3O4+. The molecule has 7 nitrogen and oxygen atoms in total. The van der Waals surface area contributed by atoms with E-state index in [9.17, 15) is 14.0 Å². The molecule has 2 aliphatic heterocycles. The molecule has 0 atom stereocenters. The van der Waals surface area contributed by atoms with Crippen molar-refractivity contribution in [2.75, 3.05) is 30.0 Å². The van der Waals surface area contributed by atoms with Crippen LogP contribution >= 0.6 is 23.2 Å². The van der Waals surface area contributed by atoms with Crippen LogP contribution in [-0.4, -0.2) is 25.9 Å². The van der Waals surface area contributed by atoms with Gasteiger partial charge in [-0.15, -0.1) is 0 Å². The third-order valence-corrected chi connectivity index (χ3v) is 11.8. The van der Waals surface area contributed by atoms with Crippen molar-refractivity contribution < 1.29 is 28.5 Å². The average Bonchev–Trinajstić information content (AvgIpc) is 3.74. The van der Waals surface area contributed by atoms with Gasteiger partial charge in [0.1, 0.15) is 0 Å². The number of hydrogen-bond donors (Lipinski definition) is 0. The molecule has 3 aliphatic rings. The lowest BCUT2D eigenvalue weighted by molar-refractivity contribution is -1.92. The van der Waals surface area contributed by atoms with Gasteiger partial charge in [-0.25, -0.2) is 0 Å². The second kappa shape index (κ2) is 16.7. The minimum Gasteiger partial charge on any atom is -0.344 e. The van der Waals surface area contributed by atoms with Crippen molar-refractivity contribution in [3.63, 3.8) is 0 Å². The Morgan fingerprint density at radius 1 is 0.643 bits per heavy atom. The third kappa shape index (κ3) is 8.27. The number of anilines is 2. The number of likely N-dealkylation sites (N-methyl/N-ethyl adjacent to an activating group) is 2. The van der Waals surface area contributed by atoms with E-state index >= 15 is 0 Å². The summed E-state index contributed by atoms with van der Waals surface area (Å²) in [7, 11) is -3.38. The van der Waals surface area contributed by atoms with Crippen LogP contribution in [0, 0.1) is 10.2 Å². The normalized spacial score (nSPS) is 19.8. The lowest BCUT2D eigenvalue weighted by Crippen LogP contribution is -2.60. The van der Waals surface area contributed by atoms with Crippen molar-refractivity contribution in [1.29, 1.82) is 0 Å². The van der Waals surface area contributed by atoms with Crippen molar-refractivity contribution in [3.05, 3.63) is 165 Å². The maximum atomic E-state index is 9.19. The van der Waals surface area contributed by atoms with Gasteiger partial charge in [0.2, 0.25) is 17.1 Å². The first-order chi connectivity index (χ1) is 26.6. The molecule has 4 aromatic rings. The van der Waals surface area contributed by atoms with Crippen LogP contribution < -0.4 is 28.4 Å². The number of fused-ring (bicyclic) bond motifs is 2. The number of allylic oxidation sites excluding steroid dienone is 8. The van der Waals surface area contributed by atoms with Crippen molar-refractivity contribution in [2.24, 2.45) is 0 Å². The number of rotatable bonds is 7. The monoisotopic (exact) mass is 812 g/mol. The van der Waals surface area contributed by atoms with E-state index in [0.29, 0.717) is 0 Å². The summed E-state index contributed by atoms with van der Waals surface area (Å²) in [5.74, 6) is 0. The Labute approximate surface area is 343 Å². The Balaban J connectivity index is 0.000000822. The fraction of sp³-hybridized carbons (Fsp3) is 0.283. The van der Waals surface area contributed by atoms with Gasteiger partial charge < -0.3 is 9.80 Å². The first-order valence-electron chi connectivity index (χ1n) is 18.8. The topological polar surface area (TPSA) is 87.9 Å². The van der Waals surface area contributed by atoms with Crippen LogP contribution in [0.5, 0.6) is 0 Å². The molecular weight excluding hydrogens is 765 g/mol. The van der Waals surface area contributed by atoms with Gasteiger partial charge in [0.05, 0.1) is 14.5 Å². The molecule has 1 aliphatic carbocycles. The highest BCUT2D eigenvalue weighted by molar-refractivity contribution is 6.31. The van der Waals surface area contributed by atoms with Gasteiger partial charge in [-0.3, -0.25) is 0 Å². The zero-order chi connectivity index (χ0) is 40.4. The zero-order valence-corrected chi connectivity index (χ0v) is 35.3. The van der Waals surface area contributed by atoms with Crippen molar-refractivity contribution in [2.45, 2.75) is 65.2 Å². The highest BCUT2D eigenvalue weighted by Gasteiger charge is 2.41. The van der Waals surface area contributed by atoms with Crippen LogP contribution in [0.25, 0.3) is 0 Å². The Morgan fingerprint density at radius 3 is 1.36 bits per heavy atom. The molecule has 1 fully saturated rings. The Hall–Kier alpha value is -4.18. The Bertz CT molecular complexity index is 2090. The van der Waals surface area contributed by atoms with E-state index in [1.807, 2.05) is 12.1 Å². The Kier molecular flexibility index (Phi) is 12.4. The van der Waals surface area contributed by atoms with Crippen molar-refractivity contribution in [3.8, 4) is 0 Å². The molecule has 56 heavy (non-hydrogen) atoms. The van der Waals surface area contributed by atoms with Crippen LogP contribution in [0.1, 0.15) is 65.5 Å². The fourth-order valence-electron chi connectivity index (χ4n) is 8.22. The first kappa shape index (κ1) is 41.5. The highest BCUT2D eigenvalue weighted by atomic mass is 35.7. The predicted octanol–water partition coefficient (Wildman–Crippen LogP) is 8.85. The summed E-state index contributed by atoms with van der Waals surface area (Å²) in [6.45, 7) is 15.5. The second-order valence-electron chi connectivity index (χ2n) is 14.9. The van der Waals surface area contributed by atoms with E-state index < -0.39 is 10.2 Å². The molecule has 0 aromatic heterocycles. The molecule has 292 valence electrons. The minimum atomic E-state index is -4.18. The smallest absolute Gasteiger partial charge is 0.218 e. The van der Waals surface area contributed by atoms with E-state index in [1.54, 1.807) is 0 Å². The molecule has 1 saturated carbocycles. The molecule has 7 rings (SSSR count). The largest absolute Gasteiger partial charge is 0.344 e. The van der Waals surface area contributed by atoms with Gasteiger partial charge in [0.15, 0.2) is 7.11 Å². The summed E-state index contributed by atoms with van der Waals surface area (Å²) in [6.07, 6.45) is 11.4. The molecule has 4 aromatic carbocycles. The van der Waals surface area contributed by atoms with Crippen molar-refractivity contribution in [1.82, 2.24) is 4.58 Å². The number of hydrogen-bond acceptors (Lipinski definition) is 6. The lowest BCUT2D eigenvalue weighted by atomic mass is 9.83. The van der Waals surface area contributed by atoms with Gasteiger partial charge in [0.25, 0.3) is 0 Å². The standard InChI is InChI=1S/C45H46Cl2N3.CH3ClO4/c1-7-48-39-25-23-33(46)29-37(39)44(3,4)41(48)27-21-31-19-20-32(43(31)50(35-15-11-9-12-16-35)36-17-13-10-14-18-36)22-28-42-45(5,6)38-30-34(47)24-26-40(38)49(42)8-2;1-6-2(3,4)5/h9-18,21-30H,7-8,19-20H2,1-6H3;1H3/q+1;.